The Morgan fingerprint density at radius 3 is 2.50 bits per heavy atom. The molecule has 0 radical (unpaired) electrons. The van der Waals surface area contributed by atoms with Crippen LogP contribution in [0.3, 0.4) is 0 Å². The van der Waals surface area contributed by atoms with Crippen LogP contribution in [-0.4, -0.2) is 47.1 Å². The molecule has 5 rings (SSSR count). The van der Waals surface area contributed by atoms with E-state index in [1.54, 1.807) is 25.3 Å². The summed E-state index contributed by atoms with van der Waals surface area (Å²) in [6.45, 7) is -0.191. The fourth-order valence-electron chi connectivity index (χ4n) is 5.25. The van der Waals surface area contributed by atoms with Crippen molar-refractivity contribution in [3.8, 4) is 11.5 Å². The van der Waals surface area contributed by atoms with Crippen LogP contribution in [0, 0.1) is 5.82 Å². The normalized spacial score (nSPS) is 14.5. The molecule has 9 nitrogen and oxygen atoms in total. The number of hydrogen-bond donors (Lipinski definition) is 1. The van der Waals surface area contributed by atoms with Gasteiger partial charge in [0.2, 0.25) is 11.8 Å². The van der Waals surface area contributed by atoms with Crippen LogP contribution in [0.15, 0.2) is 66.7 Å². The first-order chi connectivity index (χ1) is 19.5. The first kappa shape index (κ1) is 27.1. The van der Waals surface area contributed by atoms with Gasteiger partial charge in [-0.3, -0.25) is 14.5 Å². The minimum atomic E-state index is -1.12. The molecule has 0 aliphatic heterocycles. The number of carbonyl (C=O) groups is 2. The standard InChI is InChI=1S/C30H32FN5O4/c1-39-23-16-17-24(27(18-23)40-2)29(30(38)32-21-8-4-3-5-9-21)36(22-14-12-20(31)13-15-22)28(37)19-35-26-11-7-6-10-25(26)33-34-35/h6-7,10-18,21,29H,3-5,8-9,19H2,1-2H3,(H,32,38)/t29-/m0/s1. The van der Waals surface area contributed by atoms with Crippen molar-refractivity contribution >= 4 is 28.5 Å². The summed E-state index contributed by atoms with van der Waals surface area (Å²) in [5, 5.41) is 11.5. The molecule has 2 amide bonds. The highest BCUT2D eigenvalue weighted by molar-refractivity contribution is 6.02. The molecule has 1 heterocycles. The fraction of sp³-hybridized carbons (Fsp3) is 0.333. The minimum Gasteiger partial charge on any atom is -0.497 e. The molecule has 1 N–H and O–H groups in total. The maximum absolute atomic E-state index is 14.2. The van der Waals surface area contributed by atoms with E-state index in [2.05, 4.69) is 15.6 Å². The summed E-state index contributed by atoms with van der Waals surface area (Å²) < 4.78 is 26.5. The van der Waals surface area contributed by atoms with Gasteiger partial charge in [-0.2, -0.15) is 0 Å². The summed E-state index contributed by atoms with van der Waals surface area (Å²) in [6.07, 6.45) is 4.93. The number of benzene rings is 3. The molecule has 1 aliphatic carbocycles. The lowest BCUT2D eigenvalue weighted by Gasteiger charge is -2.34. The van der Waals surface area contributed by atoms with Gasteiger partial charge in [0.25, 0.3) is 0 Å². The Bertz CT molecular complexity index is 1480. The maximum Gasteiger partial charge on any atom is 0.249 e. The zero-order chi connectivity index (χ0) is 28.1. The SMILES string of the molecule is COc1ccc([C@@H](C(=O)NC2CCCCC2)N(C(=O)Cn2nnc3ccccc32)c2ccc(F)cc2)c(OC)c1. The molecule has 1 aliphatic rings. The molecule has 1 fully saturated rings. The van der Waals surface area contributed by atoms with Gasteiger partial charge >= 0.3 is 0 Å². The Kier molecular flexibility index (Phi) is 8.23. The lowest BCUT2D eigenvalue weighted by Crippen LogP contribution is -2.48. The third kappa shape index (κ3) is 5.75. The second-order valence-corrected chi connectivity index (χ2v) is 9.83. The van der Waals surface area contributed by atoms with E-state index in [4.69, 9.17) is 9.47 Å². The Morgan fingerprint density at radius 2 is 1.77 bits per heavy atom. The van der Waals surface area contributed by atoms with E-state index >= 15 is 0 Å². The van der Waals surface area contributed by atoms with E-state index in [9.17, 15) is 14.0 Å². The van der Waals surface area contributed by atoms with Crippen LogP contribution in [-0.2, 0) is 16.1 Å². The second-order valence-electron chi connectivity index (χ2n) is 9.83. The van der Waals surface area contributed by atoms with Crippen molar-refractivity contribution in [2.45, 2.75) is 50.7 Å². The summed E-state index contributed by atoms with van der Waals surface area (Å²) in [4.78, 5) is 29.7. The van der Waals surface area contributed by atoms with Crippen molar-refractivity contribution in [3.05, 3.63) is 78.1 Å². The van der Waals surface area contributed by atoms with Gasteiger partial charge in [-0.25, -0.2) is 9.07 Å². The van der Waals surface area contributed by atoms with Crippen molar-refractivity contribution in [2.24, 2.45) is 0 Å². The van der Waals surface area contributed by atoms with E-state index in [0.29, 0.717) is 33.8 Å². The van der Waals surface area contributed by atoms with Crippen LogP contribution >= 0.6 is 0 Å². The highest BCUT2D eigenvalue weighted by Gasteiger charge is 2.36. The largest absolute Gasteiger partial charge is 0.497 e. The topological polar surface area (TPSA) is 98.6 Å². The van der Waals surface area contributed by atoms with Gasteiger partial charge in [-0.1, -0.05) is 36.6 Å². The number of ether oxygens (including phenoxy) is 2. The predicted octanol–water partition coefficient (Wildman–Crippen LogP) is 4.81. The Hall–Kier alpha value is -4.47. The van der Waals surface area contributed by atoms with Gasteiger partial charge in [0.1, 0.15) is 35.4 Å². The molecule has 1 atom stereocenters. The number of hydrogen-bond acceptors (Lipinski definition) is 6. The number of nitrogens with zero attached hydrogens (tertiary/aromatic N) is 4. The lowest BCUT2D eigenvalue weighted by atomic mass is 9.94. The van der Waals surface area contributed by atoms with Crippen LogP contribution in [0.4, 0.5) is 10.1 Å². The van der Waals surface area contributed by atoms with Crippen LogP contribution in [0.1, 0.15) is 43.7 Å². The molecule has 208 valence electrons. The van der Waals surface area contributed by atoms with Gasteiger partial charge in [-0.15, -0.1) is 5.10 Å². The van der Waals surface area contributed by atoms with E-state index in [1.807, 2.05) is 24.3 Å². The fourth-order valence-corrected chi connectivity index (χ4v) is 5.25. The first-order valence-electron chi connectivity index (χ1n) is 13.4. The molecule has 0 unspecified atom stereocenters. The highest BCUT2D eigenvalue weighted by Crippen LogP contribution is 2.36. The minimum absolute atomic E-state index is 0.00239. The summed E-state index contributed by atoms with van der Waals surface area (Å²) >= 11 is 0. The van der Waals surface area contributed by atoms with Crippen LogP contribution in [0.5, 0.6) is 11.5 Å². The average Bonchev–Trinajstić information content (AvgIpc) is 3.39. The second kappa shape index (κ2) is 12.1. The molecule has 10 heteroatoms. The first-order valence-corrected chi connectivity index (χ1v) is 13.4. The number of anilines is 1. The van der Waals surface area contributed by atoms with Crippen LogP contribution < -0.4 is 19.7 Å². The number of carbonyl (C=O) groups excluding carboxylic acids is 2. The summed E-state index contributed by atoms with van der Waals surface area (Å²) in [7, 11) is 3.04. The Balaban J connectivity index is 1.61. The average molecular weight is 546 g/mol. The van der Waals surface area contributed by atoms with Crippen molar-refractivity contribution in [3.63, 3.8) is 0 Å². The van der Waals surface area contributed by atoms with Gasteiger partial charge in [-0.05, 0) is 61.4 Å². The monoisotopic (exact) mass is 545 g/mol. The summed E-state index contributed by atoms with van der Waals surface area (Å²) in [5.41, 5.74) is 2.16. The van der Waals surface area contributed by atoms with E-state index in [1.165, 1.54) is 41.0 Å². The van der Waals surface area contributed by atoms with Crippen molar-refractivity contribution < 1.29 is 23.5 Å². The quantitative estimate of drug-likeness (QED) is 0.324. The molecule has 4 aromatic rings. The number of amides is 2. The van der Waals surface area contributed by atoms with Gasteiger partial charge < -0.3 is 14.8 Å². The Morgan fingerprint density at radius 1 is 1.02 bits per heavy atom. The zero-order valence-corrected chi connectivity index (χ0v) is 22.5. The Labute approximate surface area is 231 Å². The van der Waals surface area contributed by atoms with Crippen molar-refractivity contribution in [1.82, 2.24) is 20.3 Å². The number of nitrogens with one attached hydrogen (secondary N) is 1. The maximum atomic E-state index is 14.2. The molecule has 3 aromatic carbocycles. The number of aromatic nitrogens is 3. The summed E-state index contributed by atoms with van der Waals surface area (Å²) in [6, 6.07) is 16.8. The molecule has 40 heavy (non-hydrogen) atoms. The third-order valence-corrected chi connectivity index (χ3v) is 7.27. The van der Waals surface area contributed by atoms with Gasteiger partial charge in [0.15, 0.2) is 0 Å². The third-order valence-electron chi connectivity index (χ3n) is 7.27. The predicted molar refractivity (Wildman–Crippen MR) is 149 cm³/mol. The molecular formula is C30H32FN5O4. The number of halogens is 1. The zero-order valence-electron chi connectivity index (χ0n) is 22.5. The van der Waals surface area contributed by atoms with E-state index in [0.717, 1.165) is 32.1 Å². The molecule has 1 aromatic heterocycles. The molecule has 0 spiro atoms. The molecule has 0 saturated heterocycles. The van der Waals surface area contributed by atoms with E-state index in [-0.39, 0.29) is 18.5 Å². The number of rotatable bonds is 9. The van der Waals surface area contributed by atoms with E-state index < -0.39 is 17.8 Å². The van der Waals surface area contributed by atoms with Gasteiger partial charge in [0, 0.05) is 23.4 Å². The molecule has 0 bridgehead atoms. The molecular weight excluding hydrogens is 513 g/mol. The van der Waals surface area contributed by atoms with Crippen molar-refractivity contribution in [1.29, 1.82) is 0 Å². The number of fused-ring (bicyclic) bond motifs is 1. The highest BCUT2D eigenvalue weighted by atomic mass is 19.1. The van der Waals surface area contributed by atoms with Crippen LogP contribution in [0.25, 0.3) is 11.0 Å². The number of methoxy groups -OCH3 is 2. The van der Waals surface area contributed by atoms with Gasteiger partial charge in [0.05, 0.1) is 19.7 Å². The lowest BCUT2D eigenvalue weighted by molar-refractivity contribution is -0.127. The van der Waals surface area contributed by atoms with Crippen LogP contribution in [0.2, 0.25) is 0 Å². The summed E-state index contributed by atoms with van der Waals surface area (Å²) in [5.74, 6) is -0.306. The number of para-hydroxylation sites is 1. The molecule has 1 saturated carbocycles. The smallest absolute Gasteiger partial charge is 0.249 e. The van der Waals surface area contributed by atoms with Crippen molar-refractivity contribution in [2.75, 3.05) is 19.1 Å².